The van der Waals surface area contributed by atoms with Gasteiger partial charge in [0.25, 0.3) is 0 Å². The predicted molar refractivity (Wildman–Crippen MR) is 83.6 cm³/mol. The second kappa shape index (κ2) is 6.13. The van der Waals surface area contributed by atoms with Gasteiger partial charge >= 0.3 is 0 Å². The second-order valence-corrected chi connectivity index (χ2v) is 6.59. The van der Waals surface area contributed by atoms with E-state index in [1.165, 1.54) is 49.7 Å². The highest BCUT2D eigenvalue weighted by Gasteiger charge is 2.40. The van der Waals surface area contributed by atoms with Gasteiger partial charge in [0.1, 0.15) is 0 Å². The summed E-state index contributed by atoms with van der Waals surface area (Å²) in [5.74, 6) is 1.27. The van der Waals surface area contributed by atoms with Crippen LogP contribution in [0.5, 0.6) is 0 Å². The van der Waals surface area contributed by atoms with Crippen LogP contribution in [0.15, 0.2) is 42.5 Å². The quantitative estimate of drug-likeness (QED) is 0.678. The van der Waals surface area contributed by atoms with Crippen molar-refractivity contribution < 1.29 is 4.74 Å². The maximum Gasteiger partial charge on any atom is 0.0894 e. The zero-order valence-corrected chi connectivity index (χ0v) is 12.6. The fourth-order valence-electron chi connectivity index (χ4n) is 3.94. The van der Waals surface area contributed by atoms with E-state index in [0.717, 1.165) is 5.92 Å². The molecule has 1 aromatic rings. The summed E-state index contributed by atoms with van der Waals surface area (Å²) < 4.78 is 6.50. The first-order valence-corrected chi connectivity index (χ1v) is 8.11. The molecule has 0 bridgehead atoms. The Balaban J connectivity index is 1.77. The third kappa shape index (κ3) is 2.83. The van der Waals surface area contributed by atoms with E-state index in [-0.39, 0.29) is 6.10 Å². The molecule has 0 spiro atoms. The van der Waals surface area contributed by atoms with E-state index in [1.807, 2.05) is 0 Å². The van der Waals surface area contributed by atoms with E-state index in [4.69, 9.17) is 4.74 Å². The molecule has 0 aromatic heterocycles. The Labute approximate surface area is 123 Å². The Kier molecular flexibility index (Phi) is 4.26. The highest BCUT2D eigenvalue weighted by atomic mass is 16.5. The topological polar surface area (TPSA) is 9.23 Å². The molecular weight excluding hydrogens is 244 g/mol. The van der Waals surface area contributed by atoms with Crippen molar-refractivity contribution in [1.82, 2.24) is 0 Å². The molecule has 3 atom stereocenters. The highest BCUT2D eigenvalue weighted by Crippen LogP contribution is 2.46. The first-order chi connectivity index (χ1) is 9.75. The molecule has 3 rings (SSSR count). The summed E-state index contributed by atoms with van der Waals surface area (Å²) in [6.45, 7) is 6.37. The van der Waals surface area contributed by atoms with Crippen molar-refractivity contribution in [2.75, 3.05) is 0 Å². The predicted octanol–water partition coefficient (Wildman–Crippen LogP) is 5.29. The summed E-state index contributed by atoms with van der Waals surface area (Å²) >= 11 is 0. The van der Waals surface area contributed by atoms with Crippen LogP contribution in [-0.4, -0.2) is 6.10 Å². The minimum atomic E-state index is 0.223. The standard InChI is InChI=1S/C19H26O/c1-14(2)17-13-18(15-9-5-3-6-10-15)20-19(17)16-11-7-4-8-12-16/h4,7-8,11-12,15,17-19H,1,3,5-6,9-10,13H2,2H3/t17-,18-,19-/m1/s1. The van der Waals surface area contributed by atoms with Gasteiger partial charge in [-0.15, -0.1) is 0 Å². The van der Waals surface area contributed by atoms with Gasteiger partial charge in [0.15, 0.2) is 0 Å². The van der Waals surface area contributed by atoms with Crippen LogP contribution in [0.3, 0.4) is 0 Å². The first kappa shape index (κ1) is 13.9. The van der Waals surface area contributed by atoms with E-state index in [9.17, 15) is 0 Å². The van der Waals surface area contributed by atoms with Crippen molar-refractivity contribution in [1.29, 1.82) is 0 Å². The molecule has 1 heteroatoms. The monoisotopic (exact) mass is 270 g/mol. The molecule has 108 valence electrons. The first-order valence-electron chi connectivity index (χ1n) is 8.11. The van der Waals surface area contributed by atoms with Crippen LogP contribution in [0, 0.1) is 11.8 Å². The molecule has 1 heterocycles. The van der Waals surface area contributed by atoms with Gasteiger partial charge in [-0.3, -0.25) is 0 Å². The molecule has 1 saturated heterocycles. The summed E-state index contributed by atoms with van der Waals surface area (Å²) in [6.07, 6.45) is 8.73. The molecule has 1 aromatic carbocycles. The Morgan fingerprint density at radius 3 is 2.45 bits per heavy atom. The van der Waals surface area contributed by atoms with Crippen molar-refractivity contribution in [3.8, 4) is 0 Å². The van der Waals surface area contributed by atoms with Crippen LogP contribution in [-0.2, 0) is 4.74 Å². The molecule has 1 saturated carbocycles. The van der Waals surface area contributed by atoms with Crippen LogP contribution in [0.25, 0.3) is 0 Å². The lowest BCUT2D eigenvalue weighted by molar-refractivity contribution is -0.00474. The SMILES string of the molecule is C=C(C)[C@H]1C[C@H](C2CCCCC2)O[C@@H]1c1ccccc1. The fraction of sp³-hybridized carbons (Fsp3) is 0.579. The molecule has 1 nitrogen and oxygen atoms in total. The maximum absolute atomic E-state index is 6.50. The number of rotatable bonds is 3. The molecule has 1 aliphatic carbocycles. The maximum atomic E-state index is 6.50. The molecule has 0 N–H and O–H groups in total. The normalized spacial score (nSPS) is 31.4. The molecule has 0 amide bonds. The Hall–Kier alpha value is -1.08. The third-order valence-corrected chi connectivity index (χ3v) is 5.11. The zero-order chi connectivity index (χ0) is 13.9. The van der Waals surface area contributed by atoms with Gasteiger partial charge in [0, 0.05) is 5.92 Å². The second-order valence-electron chi connectivity index (χ2n) is 6.59. The van der Waals surface area contributed by atoms with Crippen LogP contribution >= 0.6 is 0 Å². The molecular formula is C19H26O. The minimum Gasteiger partial charge on any atom is -0.369 e. The number of hydrogen-bond acceptors (Lipinski definition) is 1. The average Bonchev–Trinajstić information content (AvgIpc) is 2.94. The van der Waals surface area contributed by atoms with E-state index in [2.05, 4.69) is 43.8 Å². The van der Waals surface area contributed by atoms with Crippen LogP contribution in [0.4, 0.5) is 0 Å². The third-order valence-electron chi connectivity index (χ3n) is 5.11. The summed E-state index contributed by atoms with van der Waals surface area (Å²) in [4.78, 5) is 0. The van der Waals surface area contributed by atoms with Crippen LogP contribution < -0.4 is 0 Å². The Bertz CT molecular complexity index is 444. The lowest BCUT2D eigenvalue weighted by Crippen LogP contribution is -2.22. The van der Waals surface area contributed by atoms with Gasteiger partial charge in [-0.1, -0.05) is 61.7 Å². The van der Waals surface area contributed by atoms with Gasteiger partial charge in [-0.25, -0.2) is 0 Å². The summed E-state index contributed by atoms with van der Waals surface area (Å²) in [6, 6.07) is 10.7. The molecule has 2 aliphatic rings. The smallest absolute Gasteiger partial charge is 0.0894 e. The van der Waals surface area contributed by atoms with Gasteiger partial charge < -0.3 is 4.74 Å². The molecule has 20 heavy (non-hydrogen) atoms. The number of ether oxygens (including phenoxy) is 1. The summed E-state index contributed by atoms with van der Waals surface area (Å²) in [5.41, 5.74) is 2.59. The van der Waals surface area contributed by atoms with E-state index in [0.29, 0.717) is 12.0 Å². The van der Waals surface area contributed by atoms with Crippen LogP contribution in [0.2, 0.25) is 0 Å². The number of benzene rings is 1. The van der Waals surface area contributed by atoms with Crippen molar-refractivity contribution in [3.05, 3.63) is 48.0 Å². The zero-order valence-electron chi connectivity index (χ0n) is 12.6. The van der Waals surface area contributed by atoms with Crippen LogP contribution in [0.1, 0.15) is 57.1 Å². The van der Waals surface area contributed by atoms with Crippen molar-refractivity contribution in [3.63, 3.8) is 0 Å². The van der Waals surface area contributed by atoms with E-state index in [1.54, 1.807) is 0 Å². The van der Waals surface area contributed by atoms with Crippen molar-refractivity contribution in [2.45, 2.75) is 57.7 Å². The summed E-state index contributed by atoms with van der Waals surface area (Å²) in [7, 11) is 0. The van der Waals surface area contributed by atoms with Gasteiger partial charge in [0.05, 0.1) is 12.2 Å². The molecule has 2 fully saturated rings. The number of hydrogen-bond donors (Lipinski definition) is 0. The van der Waals surface area contributed by atoms with Gasteiger partial charge in [-0.05, 0) is 37.7 Å². The van der Waals surface area contributed by atoms with Crippen molar-refractivity contribution in [2.24, 2.45) is 11.8 Å². The molecule has 0 unspecified atom stereocenters. The highest BCUT2D eigenvalue weighted by molar-refractivity contribution is 5.22. The average molecular weight is 270 g/mol. The van der Waals surface area contributed by atoms with E-state index >= 15 is 0 Å². The Morgan fingerprint density at radius 1 is 1.10 bits per heavy atom. The van der Waals surface area contributed by atoms with E-state index < -0.39 is 0 Å². The Morgan fingerprint density at radius 2 is 1.80 bits per heavy atom. The fourth-order valence-corrected chi connectivity index (χ4v) is 3.94. The largest absolute Gasteiger partial charge is 0.369 e. The van der Waals surface area contributed by atoms with Gasteiger partial charge in [0.2, 0.25) is 0 Å². The summed E-state index contributed by atoms with van der Waals surface area (Å²) in [5, 5.41) is 0. The van der Waals surface area contributed by atoms with Crippen molar-refractivity contribution >= 4 is 0 Å². The molecule has 0 radical (unpaired) electrons. The lowest BCUT2D eigenvalue weighted by Gasteiger charge is -2.27. The molecule has 1 aliphatic heterocycles. The van der Waals surface area contributed by atoms with Gasteiger partial charge in [-0.2, -0.15) is 0 Å². The lowest BCUT2D eigenvalue weighted by atomic mass is 9.81. The minimum absolute atomic E-state index is 0.223.